The summed E-state index contributed by atoms with van der Waals surface area (Å²) in [6, 6.07) is 0. The second-order valence-electron chi connectivity index (χ2n) is 4.47. The Morgan fingerprint density at radius 3 is 2.44 bits per heavy atom. The van der Waals surface area contributed by atoms with E-state index in [1.54, 1.807) is 6.92 Å². The van der Waals surface area contributed by atoms with Gasteiger partial charge in [-0.2, -0.15) is 0 Å². The van der Waals surface area contributed by atoms with Crippen LogP contribution < -0.4 is 0 Å². The van der Waals surface area contributed by atoms with Gasteiger partial charge in [-0.3, -0.25) is 0 Å². The predicted molar refractivity (Wildman–Crippen MR) is 68.3 cm³/mol. The second-order valence-corrected chi connectivity index (χ2v) is 4.47. The Bertz CT molecular complexity index is 209. The maximum absolute atomic E-state index is 11.2. The van der Waals surface area contributed by atoms with Gasteiger partial charge in [0, 0.05) is 5.57 Å². The van der Waals surface area contributed by atoms with Crippen LogP contribution in [0.15, 0.2) is 12.2 Å². The zero-order chi connectivity index (χ0) is 12.4. The number of hydrogen-bond donors (Lipinski definition) is 0. The van der Waals surface area contributed by atoms with Gasteiger partial charge in [0.15, 0.2) is 0 Å². The van der Waals surface area contributed by atoms with Crippen molar-refractivity contribution in [3.05, 3.63) is 12.2 Å². The zero-order valence-corrected chi connectivity index (χ0v) is 11.1. The summed E-state index contributed by atoms with van der Waals surface area (Å²) in [7, 11) is 0. The van der Waals surface area contributed by atoms with Crippen molar-refractivity contribution in [1.82, 2.24) is 0 Å². The molecular weight excluding hydrogens is 200 g/mol. The average Bonchev–Trinajstić information content (AvgIpc) is 2.26. The molecule has 0 heterocycles. The topological polar surface area (TPSA) is 26.3 Å². The van der Waals surface area contributed by atoms with E-state index in [9.17, 15) is 4.79 Å². The molecule has 0 saturated heterocycles. The van der Waals surface area contributed by atoms with E-state index in [1.807, 2.05) is 0 Å². The van der Waals surface area contributed by atoms with Crippen LogP contribution in [-0.2, 0) is 9.53 Å². The number of esters is 1. The number of hydrogen-bond acceptors (Lipinski definition) is 2. The van der Waals surface area contributed by atoms with E-state index in [0.717, 1.165) is 6.42 Å². The van der Waals surface area contributed by atoms with Crippen molar-refractivity contribution in [2.75, 3.05) is 6.61 Å². The first-order valence-corrected chi connectivity index (χ1v) is 6.44. The number of carbonyl (C=O) groups is 1. The van der Waals surface area contributed by atoms with Gasteiger partial charge in [-0.05, 0) is 19.3 Å². The predicted octanol–water partition coefficient (Wildman–Crippen LogP) is 4.10. The van der Waals surface area contributed by atoms with Crippen molar-refractivity contribution < 1.29 is 9.53 Å². The molecular formula is C14H26O2. The molecule has 1 atom stereocenters. The van der Waals surface area contributed by atoms with Crippen LogP contribution in [0, 0.1) is 5.92 Å². The van der Waals surface area contributed by atoms with Gasteiger partial charge in [0.05, 0.1) is 6.61 Å². The summed E-state index contributed by atoms with van der Waals surface area (Å²) in [6.07, 6.45) is 7.29. The fourth-order valence-electron chi connectivity index (χ4n) is 1.68. The Kier molecular flexibility index (Phi) is 8.97. The van der Waals surface area contributed by atoms with Crippen molar-refractivity contribution in [3.8, 4) is 0 Å². The standard InChI is InChI=1S/C14H26O2/c1-5-7-8-9-13(6-2)10-11-16-14(15)12(3)4/h13H,3,5-11H2,1-2,4H3. The van der Waals surface area contributed by atoms with Crippen LogP contribution in [0.4, 0.5) is 0 Å². The molecule has 0 N–H and O–H groups in total. The highest BCUT2D eigenvalue weighted by atomic mass is 16.5. The fourth-order valence-corrected chi connectivity index (χ4v) is 1.68. The maximum Gasteiger partial charge on any atom is 0.333 e. The Balaban J connectivity index is 3.62. The Morgan fingerprint density at radius 1 is 1.25 bits per heavy atom. The Morgan fingerprint density at radius 2 is 1.94 bits per heavy atom. The van der Waals surface area contributed by atoms with Gasteiger partial charge in [0.2, 0.25) is 0 Å². The summed E-state index contributed by atoms with van der Waals surface area (Å²) in [6.45, 7) is 10.2. The fraction of sp³-hybridized carbons (Fsp3) is 0.786. The monoisotopic (exact) mass is 226 g/mol. The maximum atomic E-state index is 11.2. The van der Waals surface area contributed by atoms with Gasteiger partial charge in [0.1, 0.15) is 0 Å². The molecule has 0 saturated carbocycles. The highest BCUT2D eigenvalue weighted by Gasteiger charge is 2.08. The summed E-state index contributed by atoms with van der Waals surface area (Å²) < 4.78 is 5.10. The Labute approximate surface area is 100 Å². The SMILES string of the molecule is C=C(C)C(=O)OCCC(CC)CCCCC. The highest BCUT2D eigenvalue weighted by Crippen LogP contribution is 2.17. The van der Waals surface area contributed by atoms with E-state index in [2.05, 4.69) is 20.4 Å². The smallest absolute Gasteiger partial charge is 0.333 e. The molecule has 0 aliphatic heterocycles. The lowest BCUT2D eigenvalue weighted by Crippen LogP contribution is -2.10. The van der Waals surface area contributed by atoms with Gasteiger partial charge in [-0.25, -0.2) is 4.79 Å². The summed E-state index contributed by atoms with van der Waals surface area (Å²) >= 11 is 0. The first-order chi connectivity index (χ1) is 7.61. The van der Waals surface area contributed by atoms with Gasteiger partial charge < -0.3 is 4.74 Å². The second kappa shape index (κ2) is 9.44. The van der Waals surface area contributed by atoms with Crippen LogP contribution in [0.5, 0.6) is 0 Å². The molecule has 0 aromatic rings. The lowest BCUT2D eigenvalue weighted by atomic mass is 9.96. The van der Waals surface area contributed by atoms with Crippen LogP contribution in [0.3, 0.4) is 0 Å². The van der Waals surface area contributed by atoms with Crippen molar-refractivity contribution in [1.29, 1.82) is 0 Å². The summed E-state index contributed by atoms with van der Waals surface area (Å²) in [5.74, 6) is 0.438. The third-order valence-corrected chi connectivity index (χ3v) is 2.90. The minimum absolute atomic E-state index is 0.261. The highest BCUT2D eigenvalue weighted by molar-refractivity contribution is 5.86. The number of ether oxygens (including phenoxy) is 1. The minimum Gasteiger partial charge on any atom is -0.462 e. The first-order valence-electron chi connectivity index (χ1n) is 6.44. The van der Waals surface area contributed by atoms with Crippen LogP contribution in [0.25, 0.3) is 0 Å². The van der Waals surface area contributed by atoms with E-state index in [1.165, 1.54) is 32.1 Å². The largest absolute Gasteiger partial charge is 0.462 e. The molecule has 2 nitrogen and oxygen atoms in total. The summed E-state index contributed by atoms with van der Waals surface area (Å²) in [4.78, 5) is 11.2. The Hall–Kier alpha value is -0.790. The van der Waals surface area contributed by atoms with E-state index >= 15 is 0 Å². The van der Waals surface area contributed by atoms with Gasteiger partial charge in [-0.15, -0.1) is 0 Å². The van der Waals surface area contributed by atoms with E-state index in [-0.39, 0.29) is 5.97 Å². The zero-order valence-electron chi connectivity index (χ0n) is 11.1. The van der Waals surface area contributed by atoms with Crippen LogP contribution in [-0.4, -0.2) is 12.6 Å². The molecule has 94 valence electrons. The quantitative estimate of drug-likeness (QED) is 0.336. The molecule has 0 rings (SSSR count). The van der Waals surface area contributed by atoms with Crippen LogP contribution in [0.1, 0.15) is 59.3 Å². The summed E-state index contributed by atoms with van der Waals surface area (Å²) in [5.41, 5.74) is 0.485. The molecule has 0 spiro atoms. The third kappa shape index (κ3) is 7.49. The molecule has 0 aromatic heterocycles. The molecule has 0 fully saturated rings. The molecule has 16 heavy (non-hydrogen) atoms. The van der Waals surface area contributed by atoms with E-state index in [4.69, 9.17) is 4.74 Å². The van der Waals surface area contributed by atoms with Crippen LogP contribution >= 0.6 is 0 Å². The molecule has 1 unspecified atom stereocenters. The van der Waals surface area contributed by atoms with E-state index in [0.29, 0.717) is 18.1 Å². The number of unbranched alkanes of at least 4 members (excludes halogenated alkanes) is 2. The number of rotatable bonds is 9. The lowest BCUT2D eigenvalue weighted by Gasteiger charge is -2.14. The normalized spacial score (nSPS) is 12.2. The third-order valence-electron chi connectivity index (χ3n) is 2.90. The molecule has 2 heteroatoms. The average molecular weight is 226 g/mol. The number of carbonyl (C=O) groups excluding carboxylic acids is 1. The van der Waals surface area contributed by atoms with Crippen LogP contribution in [0.2, 0.25) is 0 Å². The molecule has 0 radical (unpaired) electrons. The van der Waals surface area contributed by atoms with Crippen molar-refractivity contribution in [2.45, 2.75) is 59.3 Å². The van der Waals surface area contributed by atoms with Crippen molar-refractivity contribution >= 4 is 5.97 Å². The minimum atomic E-state index is -0.261. The molecule has 0 aliphatic carbocycles. The lowest BCUT2D eigenvalue weighted by molar-refractivity contribution is -0.139. The van der Waals surface area contributed by atoms with E-state index < -0.39 is 0 Å². The summed E-state index contributed by atoms with van der Waals surface area (Å²) in [5, 5.41) is 0. The van der Waals surface area contributed by atoms with Crippen molar-refractivity contribution in [2.24, 2.45) is 5.92 Å². The van der Waals surface area contributed by atoms with Gasteiger partial charge in [-0.1, -0.05) is 52.5 Å². The first kappa shape index (κ1) is 15.2. The van der Waals surface area contributed by atoms with Gasteiger partial charge >= 0.3 is 5.97 Å². The molecule has 0 aromatic carbocycles. The van der Waals surface area contributed by atoms with Crippen molar-refractivity contribution in [3.63, 3.8) is 0 Å². The molecule has 0 aliphatic rings. The molecule has 0 amide bonds. The molecule has 0 bridgehead atoms. The van der Waals surface area contributed by atoms with Gasteiger partial charge in [0.25, 0.3) is 0 Å².